The average molecular weight is 234 g/mol. The van der Waals surface area contributed by atoms with Gasteiger partial charge in [0.25, 0.3) is 0 Å². The number of hydrogen-bond acceptors (Lipinski definition) is 3. The number of alkyl halides is 3. The van der Waals surface area contributed by atoms with Crippen LogP contribution in [0.3, 0.4) is 0 Å². The third-order valence-electron chi connectivity index (χ3n) is 2.02. The molecule has 1 rings (SSSR count). The minimum Gasteiger partial charge on any atom is -0.478 e. The Balaban J connectivity index is 3.18. The SMILES string of the molecule is Nc1ccc([C@H](N)C(F)(F)F)cc1C(=O)O. The van der Waals surface area contributed by atoms with Gasteiger partial charge in [0.1, 0.15) is 6.04 Å². The average Bonchev–Trinajstić information content (AvgIpc) is 2.15. The van der Waals surface area contributed by atoms with E-state index in [2.05, 4.69) is 0 Å². The highest BCUT2D eigenvalue weighted by Crippen LogP contribution is 2.31. The van der Waals surface area contributed by atoms with Crippen LogP contribution in [0.1, 0.15) is 22.0 Å². The summed E-state index contributed by atoms with van der Waals surface area (Å²) in [7, 11) is 0. The molecule has 1 aromatic rings. The van der Waals surface area contributed by atoms with Crippen molar-refractivity contribution in [3.63, 3.8) is 0 Å². The van der Waals surface area contributed by atoms with E-state index in [-0.39, 0.29) is 11.3 Å². The largest absolute Gasteiger partial charge is 0.478 e. The molecular formula is C9H9F3N2O2. The lowest BCUT2D eigenvalue weighted by atomic mass is 10.0. The first-order chi connectivity index (χ1) is 7.23. The Morgan fingerprint density at radius 3 is 2.38 bits per heavy atom. The van der Waals surface area contributed by atoms with Gasteiger partial charge in [0.15, 0.2) is 0 Å². The summed E-state index contributed by atoms with van der Waals surface area (Å²) < 4.78 is 36.8. The van der Waals surface area contributed by atoms with E-state index in [0.29, 0.717) is 0 Å². The number of carbonyl (C=O) groups is 1. The number of carboxylic acids is 1. The van der Waals surface area contributed by atoms with E-state index in [1.807, 2.05) is 0 Å². The number of nitrogens with two attached hydrogens (primary N) is 2. The Morgan fingerprint density at radius 1 is 1.38 bits per heavy atom. The van der Waals surface area contributed by atoms with Crippen LogP contribution in [0, 0.1) is 0 Å². The Labute approximate surface area is 88.7 Å². The quantitative estimate of drug-likeness (QED) is 0.677. The second kappa shape index (κ2) is 4.01. The molecule has 0 spiro atoms. The predicted molar refractivity (Wildman–Crippen MR) is 50.8 cm³/mol. The monoisotopic (exact) mass is 234 g/mol. The maximum atomic E-state index is 12.3. The van der Waals surface area contributed by atoms with Gasteiger partial charge in [-0.05, 0) is 17.7 Å². The topological polar surface area (TPSA) is 89.3 Å². The highest BCUT2D eigenvalue weighted by molar-refractivity contribution is 5.93. The summed E-state index contributed by atoms with van der Waals surface area (Å²) >= 11 is 0. The molecule has 0 aliphatic carbocycles. The maximum absolute atomic E-state index is 12.3. The molecule has 0 aliphatic rings. The van der Waals surface area contributed by atoms with Gasteiger partial charge >= 0.3 is 12.1 Å². The van der Waals surface area contributed by atoms with Gasteiger partial charge in [0.2, 0.25) is 0 Å². The first-order valence-corrected chi connectivity index (χ1v) is 4.18. The van der Waals surface area contributed by atoms with Crippen LogP contribution in [-0.2, 0) is 0 Å². The van der Waals surface area contributed by atoms with Crippen molar-refractivity contribution >= 4 is 11.7 Å². The lowest BCUT2D eigenvalue weighted by Gasteiger charge is -2.16. The van der Waals surface area contributed by atoms with E-state index >= 15 is 0 Å². The molecule has 5 N–H and O–H groups in total. The van der Waals surface area contributed by atoms with E-state index in [4.69, 9.17) is 16.6 Å². The molecule has 0 aromatic heterocycles. The zero-order valence-corrected chi connectivity index (χ0v) is 7.95. The maximum Gasteiger partial charge on any atom is 0.407 e. The van der Waals surface area contributed by atoms with E-state index in [1.165, 1.54) is 0 Å². The molecule has 1 atom stereocenters. The van der Waals surface area contributed by atoms with Crippen molar-refractivity contribution in [3.05, 3.63) is 29.3 Å². The fraction of sp³-hybridized carbons (Fsp3) is 0.222. The summed E-state index contributed by atoms with van der Waals surface area (Å²) in [5.41, 5.74) is 9.40. The van der Waals surface area contributed by atoms with Crippen LogP contribution in [0.2, 0.25) is 0 Å². The van der Waals surface area contributed by atoms with Crippen LogP contribution < -0.4 is 11.5 Å². The van der Waals surface area contributed by atoms with Crippen molar-refractivity contribution in [2.75, 3.05) is 5.73 Å². The molecule has 7 heteroatoms. The minimum atomic E-state index is -4.62. The Bertz CT molecular complexity index is 418. The Morgan fingerprint density at radius 2 is 1.94 bits per heavy atom. The number of hydrogen-bond donors (Lipinski definition) is 3. The molecule has 0 heterocycles. The Kier molecular flexibility index (Phi) is 3.09. The fourth-order valence-corrected chi connectivity index (χ4v) is 1.14. The molecule has 1 aromatic carbocycles. The Hall–Kier alpha value is -1.76. The zero-order valence-electron chi connectivity index (χ0n) is 7.95. The summed E-state index contributed by atoms with van der Waals surface area (Å²) in [4.78, 5) is 10.6. The molecule has 0 bridgehead atoms. The highest BCUT2D eigenvalue weighted by Gasteiger charge is 2.38. The summed E-state index contributed by atoms with van der Waals surface area (Å²) in [6.07, 6.45) is -4.62. The summed E-state index contributed by atoms with van der Waals surface area (Å²) in [6, 6.07) is 0.756. The number of halogens is 3. The van der Waals surface area contributed by atoms with Crippen molar-refractivity contribution < 1.29 is 23.1 Å². The second-order valence-corrected chi connectivity index (χ2v) is 3.17. The number of anilines is 1. The van der Waals surface area contributed by atoms with Gasteiger partial charge in [-0.15, -0.1) is 0 Å². The summed E-state index contributed by atoms with van der Waals surface area (Å²) in [5, 5.41) is 8.67. The normalized spacial score (nSPS) is 13.5. The standard InChI is InChI=1S/C9H9F3N2O2/c10-9(11,12)7(14)4-1-2-6(13)5(3-4)8(15)16/h1-3,7H,13-14H2,(H,15,16)/t7-/m0/s1. The fourth-order valence-electron chi connectivity index (χ4n) is 1.14. The van der Waals surface area contributed by atoms with Crippen LogP contribution in [0.4, 0.5) is 18.9 Å². The zero-order chi connectivity index (χ0) is 12.5. The second-order valence-electron chi connectivity index (χ2n) is 3.17. The van der Waals surface area contributed by atoms with Crippen molar-refractivity contribution in [1.82, 2.24) is 0 Å². The van der Waals surface area contributed by atoms with Gasteiger partial charge in [-0.1, -0.05) is 6.07 Å². The summed E-state index contributed by atoms with van der Waals surface area (Å²) in [5.74, 6) is -1.39. The molecule has 0 unspecified atom stereocenters. The van der Waals surface area contributed by atoms with Gasteiger partial charge in [-0.25, -0.2) is 4.79 Å². The number of nitrogen functional groups attached to an aromatic ring is 1. The van der Waals surface area contributed by atoms with Crippen molar-refractivity contribution in [2.24, 2.45) is 5.73 Å². The van der Waals surface area contributed by atoms with E-state index in [1.54, 1.807) is 0 Å². The van der Waals surface area contributed by atoms with Gasteiger partial charge in [-0.3, -0.25) is 0 Å². The lowest BCUT2D eigenvalue weighted by molar-refractivity contribution is -0.149. The molecule has 16 heavy (non-hydrogen) atoms. The molecule has 0 amide bonds. The van der Waals surface area contributed by atoms with E-state index in [9.17, 15) is 18.0 Å². The molecule has 0 aliphatic heterocycles. The van der Waals surface area contributed by atoms with E-state index < -0.39 is 23.8 Å². The van der Waals surface area contributed by atoms with Gasteiger partial charge in [-0.2, -0.15) is 13.2 Å². The highest BCUT2D eigenvalue weighted by atomic mass is 19.4. The number of benzene rings is 1. The molecule has 4 nitrogen and oxygen atoms in total. The molecule has 0 saturated heterocycles. The van der Waals surface area contributed by atoms with Gasteiger partial charge in [0.05, 0.1) is 5.56 Å². The van der Waals surface area contributed by atoms with Crippen molar-refractivity contribution in [3.8, 4) is 0 Å². The van der Waals surface area contributed by atoms with Crippen LogP contribution in [0.15, 0.2) is 18.2 Å². The molecule has 0 radical (unpaired) electrons. The van der Waals surface area contributed by atoms with Crippen LogP contribution in [-0.4, -0.2) is 17.3 Å². The van der Waals surface area contributed by atoms with Crippen LogP contribution in [0.25, 0.3) is 0 Å². The predicted octanol–water partition coefficient (Wildman–Crippen LogP) is 1.53. The lowest BCUT2D eigenvalue weighted by Crippen LogP contribution is -2.28. The van der Waals surface area contributed by atoms with E-state index in [0.717, 1.165) is 18.2 Å². The van der Waals surface area contributed by atoms with Gasteiger partial charge < -0.3 is 16.6 Å². The number of rotatable bonds is 2. The first kappa shape index (κ1) is 12.3. The third-order valence-corrected chi connectivity index (χ3v) is 2.02. The van der Waals surface area contributed by atoms with Crippen LogP contribution in [0.5, 0.6) is 0 Å². The van der Waals surface area contributed by atoms with Crippen molar-refractivity contribution in [1.29, 1.82) is 0 Å². The molecule has 88 valence electrons. The van der Waals surface area contributed by atoms with Gasteiger partial charge in [0, 0.05) is 5.69 Å². The molecule has 0 saturated carbocycles. The number of carboxylic acid groups (broad SMARTS) is 1. The smallest absolute Gasteiger partial charge is 0.407 e. The van der Waals surface area contributed by atoms with Crippen LogP contribution >= 0.6 is 0 Å². The first-order valence-electron chi connectivity index (χ1n) is 4.18. The number of aromatic carboxylic acids is 1. The molecular weight excluding hydrogens is 225 g/mol. The minimum absolute atomic E-state index is 0.106. The molecule has 0 fully saturated rings. The third kappa shape index (κ3) is 2.43. The summed E-state index contributed by atoms with van der Waals surface area (Å²) in [6.45, 7) is 0. The van der Waals surface area contributed by atoms with Crippen molar-refractivity contribution in [2.45, 2.75) is 12.2 Å².